The van der Waals surface area contributed by atoms with E-state index in [0.29, 0.717) is 19.3 Å². The Kier molecular flexibility index (Phi) is 5.48. The van der Waals surface area contributed by atoms with Crippen molar-refractivity contribution in [3.8, 4) is 11.5 Å². The molecular formula is C17H25NO2. The third-order valence-electron chi connectivity index (χ3n) is 3.41. The van der Waals surface area contributed by atoms with Crippen LogP contribution in [0, 0.1) is 0 Å². The van der Waals surface area contributed by atoms with Crippen LogP contribution in [0.1, 0.15) is 38.7 Å². The van der Waals surface area contributed by atoms with Crippen molar-refractivity contribution in [2.45, 2.75) is 45.7 Å². The van der Waals surface area contributed by atoms with Gasteiger partial charge in [0.1, 0.15) is 6.61 Å². The van der Waals surface area contributed by atoms with Crippen molar-refractivity contribution in [2.24, 2.45) is 0 Å². The smallest absolute Gasteiger partial charge is 0.161 e. The second kappa shape index (κ2) is 7.34. The number of hydrogen-bond acceptors (Lipinski definition) is 3. The molecule has 1 aliphatic carbocycles. The maximum absolute atomic E-state index is 5.79. The van der Waals surface area contributed by atoms with Gasteiger partial charge in [-0.25, -0.2) is 0 Å². The van der Waals surface area contributed by atoms with Gasteiger partial charge in [-0.2, -0.15) is 0 Å². The second-order valence-corrected chi connectivity index (χ2v) is 5.26. The van der Waals surface area contributed by atoms with E-state index in [1.807, 2.05) is 13.0 Å². The first kappa shape index (κ1) is 14.9. The third kappa shape index (κ3) is 4.57. The lowest BCUT2D eigenvalue weighted by atomic mass is 10.2. The third-order valence-corrected chi connectivity index (χ3v) is 3.41. The van der Waals surface area contributed by atoms with Gasteiger partial charge < -0.3 is 14.8 Å². The van der Waals surface area contributed by atoms with Gasteiger partial charge in [0.25, 0.3) is 0 Å². The largest absolute Gasteiger partial charge is 0.490 e. The molecule has 1 fully saturated rings. The fraction of sp³-hybridized carbons (Fsp3) is 0.529. The molecule has 0 amide bonds. The van der Waals surface area contributed by atoms with Crippen molar-refractivity contribution >= 4 is 0 Å². The molecule has 1 N–H and O–H groups in total. The lowest BCUT2D eigenvalue weighted by Gasteiger charge is -2.14. The van der Waals surface area contributed by atoms with Crippen molar-refractivity contribution < 1.29 is 9.47 Å². The molecule has 0 heterocycles. The van der Waals surface area contributed by atoms with E-state index in [2.05, 4.69) is 31.0 Å². The van der Waals surface area contributed by atoms with Crippen LogP contribution in [0.4, 0.5) is 0 Å². The van der Waals surface area contributed by atoms with Crippen LogP contribution in [-0.4, -0.2) is 19.3 Å². The van der Waals surface area contributed by atoms with Crippen LogP contribution in [0.5, 0.6) is 11.5 Å². The van der Waals surface area contributed by atoms with E-state index in [-0.39, 0.29) is 0 Å². The van der Waals surface area contributed by atoms with Crippen molar-refractivity contribution in [1.82, 2.24) is 5.32 Å². The molecule has 0 atom stereocenters. The maximum Gasteiger partial charge on any atom is 0.161 e. The minimum atomic E-state index is 0.552. The Bertz CT molecular complexity index is 452. The van der Waals surface area contributed by atoms with Crippen LogP contribution >= 0.6 is 0 Å². The number of hydrogen-bond donors (Lipinski definition) is 1. The van der Waals surface area contributed by atoms with Crippen LogP contribution in [0.3, 0.4) is 0 Å². The zero-order chi connectivity index (χ0) is 14.4. The predicted molar refractivity (Wildman–Crippen MR) is 82.4 cm³/mol. The van der Waals surface area contributed by atoms with Crippen molar-refractivity contribution in [1.29, 1.82) is 0 Å². The molecule has 0 radical (unpaired) electrons. The first-order valence-corrected chi connectivity index (χ1v) is 7.51. The number of ether oxygens (including phenoxy) is 2. The Morgan fingerprint density at radius 1 is 1.25 bits per heavy atom. The molecule has 110 valence electrons. The van der Waals surface area contributed by atoms with Gasteiger partial charge in [0.15, 0.2) is 11.5 Å². The summed E-state index contributed by atoms with van der Waals surface area (Å²) >= 11 is 0. The summed E-state index contributed by atoms with van der Waals surface area (Å²) in [5.41, 5.74) is 2.33. The van der Waals surface area contributed by atoms with Gasteiger partial charge in [-0.05, 0) is 49.5 Å². The minimum Gasteiger partial charge on any atom is -0.490 e. The lowest BCUT2D eigenvalue weighted by Crippen LogP contribution is -2.15. The lowest BCUT2D eigenvalue weighted by molar-refractivity contribution is 0.291. The standard InChI is InChI=1S/C17H25NO2/c1-4-13(3)12-20-16-9-6-14(10-17(16)19-5-2)11-18-15-7-8-15/h6,9-10,15,18H,3-5,7-8,11-12H2,1-2H3. The maximum atomic E-state index is 5.79. The summed E-state index contributed by atoms with van der Waals surface area (Å²) in [4.78, 5) is 0. The molecular weight excluding hydrogens is 250 g/mol. The molecule has 20 heavy (non-hydrogen) atoms. The predicted octanol–water partition coefficient (Wildman–Crippen LogP) is 3.68. The Labute approximate surface area is 122 Å². The second-order valence-electron chi connectivity index (χ2n) is 5.26. The zero-order valence-corrected chi connectivity index (χ0v) is 12.6. The number of rotatable bonds is 9. The first-order chi connectivity index (χ1) is 9.72. The summed E-state index contributed by atoms with van der Waals surface area (Å²) in [5, 5.41) is 3.51. The van der Waals surface area contributed by atoms with Gasteiger partial charge in [-0.1, -0.05) is 19.6 Å². The van der Waals surface area contributed by atoms with Crippen LogP contribution in [0.25, 0.3) is 0 Å². The molecule has 1 aromatic carbocycles. The summed E-state index contributed by atoms with van der Waals surface area (Å²) in [7, 11) is 0. The minimum absolute atomic E-state index is 0.552. The van der Waals surface area contributed by atoms with Crippen molar-refractivity contribution in [2.75, 3.05) is 13.2 Å². The van der Waals surface area contributed by atoms with Crippen LogP contribution in [0.2, 0.25) is 0 Å². The molecule has 0 unspecified atom stereocenters. The molecule has 2 rings (SSSR count). The Morgan fingerprint density at radius 2 is 2.05 bits per heavy atom. The van der Waals surface area contributed by atoms with Crippen molar-refractivity contribution in [3.63, 3.8) is 0 Å². The van der Waals surface area contributed by atoms with E-state index in [9.17, 15) is 0 Å². The molecule has 0 bridgehead atoms. The van der Waals surface area contributed by atoms with E-state index in [0.717, 1.165) is 30.0 Å². The highest BCUT2D eigenvalue weighted by Crippen LogP contribution is 2.29. The Morgan fingerprint density at radius 3 is 2.70 bits per heavy atom. The zero-order valence-electron chi connectivity index (χ0n) is 12.6. The summed E-state index contributed by atoms with van der Waals surface area (Å²) in [6.45, 7) is 10.1. The highest BCUT2D eigenvalue weighted by Gasteiger charge is 2.20. The quantitative estimate of drug-likeness (QED) is 0.697. The van der Waals surface area contributed by atoms with Crippen LogP contribution in [0.15, 0.2) is 30.4 Å². The highest BCUT2D eigenvalue weighted by atomic mass is 16.5. The van der Waals surface area contributed by atoms with Crippen LogP contribution in [-0.2, 0) is 6.54 Å². The molecule has 0 aromatic heterocycles. The van der Waals surface area contributed by atoms with E-state index >= 15 is 0 Å². The molecule has 0 aliphatic heterocycles. The number of nitrogens with one attached hydrogen (secondary N) is 1. The number of benzene rings is 1. The van der Waals surface area contributed by atoms with Gasteiger partial charge in [0.05, 0.1) is 6.61 Å². The molecule has 3 heteroatoms. The summed E-state index contributed by atoms with van der Waals surface area (Å²) in [6, 6.07) is 6.89. The Balaban J connectivity index is 1.99. The molecule has 1 aromatic rings. The van der Waals surface area contributed by atoms with E-state index < -0.39 is 0 Å². The Hall–Kier alpha value is -1.48. The highest BCUT2D eigenvalue weighted by molar-refractivity contribution is 5.43. The molecule has 0 spiro atoms. The van der Waals surface area contributed by atoms with Crippen LogP contribution < -0.4 is 14.8 Å². The normalized spacial score (nSPS) is 14.1. The first-order valence-electron chi connectivity index (χ1n) is 7.51. The summed E-state index contributed by atoms with van der Waals surface area (Å²) in [5.74, 6) is 1.63. The summed E-state index contributed by atoms with van der Waals surface area (Å²) < 4.78 is 11.5. The van der Waals surface area contributed by atoms with Gasteiger partial charge in [-0.3, -0.25) is 0 Å². The SMILES string of the molecule is C=C(CC)COc1ccc(CNC2CC2)cc1OCC. The molecule has 1 aliphatic rings. The van der Waals surface area contributed by atoms with E-state index in [4.69, 9.17) is 9.47 Å². The van der Waals surface area contributed by atoms with Gasteiger partial charge in [0.2, 0.25) is 0 Å². The molecule has 1 saturated carbocycles. The van der Waals surface area contributed by atoms with E-state index in [1.54, 1.807) is 0 Å². The van der Waals surface area contributed by atoms with Crippen molar-refractivity contribution in [3.05, 3.63) is 35.9 Å². The molecule has 3 nitrogen and oxygen atoms in total. The van der Waals surface area contributed by atoms with Gasteiger partial charge in [0, 0.05) is 12.6 Å². The summed E-state index contributed by atoms with van der Waals surface area (Å²) in [6.07, 6.45) is 3.55. The fourth-order valence-electron chi connectivity index (χ4n) is 1.88. The molecule has 0 saturated heterocycles. The average Bonchev–Trinajstić information content (AvgIpc) is 3.28. The average molecular weight is 275 g/mol. The van der Waals surface area contributed by atoms with E-state index in [1.165, 1.54) is 18.4 Å². The van der Waals surface area contributed by atoms with Gasteiger partial charge >= 0.3 is 0 Å². The fourth-order valence-corrected chi connectivity index (χ4v) is 1.88. The van der Waals surface area contributed by atoms with Gasteiger partial charge in [-0.15, -0.1) is 0 Å². The topological polar surface area (TPSA) is 30.5 Å². The monoisotopic (exact) mass is 275 g/mol.